The van der Waals surface area contributed by atoms with Gasteiger partial charge in [0.05, 0.1) is 6.61 Å². The molecule has 3 nitrogen and oxygen atoms in total. The van der Waals surface area contributed by atoms with E-state index in [4.69, 9.17) is 9.47 Å². The highest BCUT2D eigenvalue weighted by atomic mass is 16.5. The second-order valence-electron chi connectivity index (χ2n) is 4.32. The fourth-order valence-electron chi connectivity index (χ4n) is 1.35. The van der Waals surface area contributed by atoms with Crippen LogP contribution >= 0.6 is 0 Å². The number of hydrogen-bond donors (Lipinski definition) is 1. The van der Waals surface area contributed by atoms with Gasteiger partial charge in [-0.05, 0) is 30.5 Å². The minimum atomic E-state index is 0.234. The molecule has 0 spiro atoms. The highest BCUT2D eigenvalue weighted by Gasteiger charge is 1.99. The van der Waals surface area contributed by atoms with Gasteiger partial charge in [0.2, 0.25) is 0 Å². The van der Waals surface area contributed by atoms with Gasteiger partial charge < -0.3 is 14.6 Å². The summed E-state index contributed by atoms with van der Waals surface area (Å²) >= 11 is 0. The Morgan fingerprint density at radius 2 is 1.94 bits per heavy atom. The topological polar surface area (TPSA) is 38.7 Å². The minimum Gasteiger partial charge on any atom is -0.508 e. The maximum Gasteiger partial charge on any atom is 0.123 e. The van der Waals surface area contributed by atoms with Crippen molar-refractivity contribution in [1.82, 2.24) is 0 Å². The van der Waals surface area contributed by atoms with E-state index in [0.717, 1.165) is 12.2 Å². The smallest absolute Gasteiger partial charge is 0.123 e. The molecule has 0 aromatic heterocycles. The van der Waals surface area contributed by atoms with Gasteiger partial charge in [-0.15, -0.1) is 0 Å². The van der Waals surface area contributed by atoms with Crippen LogP contribution in [0.15, 0.2) is 18.2 Å². The Morgan fingerprint density at radius 1 is 1.19 bits per heavy atom. The Bertz CT molecular complexity index is 301. The summed E-state index contributed by atoms with van der Waals surface area (Å²) < 4.78 is 10.9. The normalized spacial score (nSPS) is 10.8. The van der Waals surface area contributed by atoms with Crippen molar-refractivity contribution in [2.75, 3.05) is 19.8 Å². The van der Waals surface area contributed by atoms with Crippen molar-refractivity contribution in [3.05, 3.63) is 23.8 Å². The van der Waals surface area contributed by atoms with Gasteiger partial charge in [0.25, 0.3) is 0 Å². The quantitative estimate of drug-likeness (QED) is 0.755. The summed E-state index contributed by atoms with van der Waals surface area (Å²) in [6, 6.07) is 5.19. The Kier molecular flexibility index (Phi) is 5.12. The van der Waals surface area contributed by atoms with E-state index in [1.165, 1.54) is 0 Å². The molecule has 0 amide bonds. The van der Waals surface area contributed by atoms with Crippen molar-refractivity contribution in [3.63, 3.8) is 0 Å². The molecular weight excluding hydrogens is 204 g/mol. The second-order valence-corrected chi connectivity index (χ2v) is 4.32. The molecule has 0 radical (unpaired) electrons. The minimum absolute atomic E-state index is 0.234. The molecule has 16 heavy (non-hydrogen) atoms. The number of benzene rings is 1. The van der Waals surface area contributed by atoms with E-state index >= 15 is 0 Å². The highest BCUT2D eigenvalue weighted by molar-refractivity contribution is 5.36. The van der Waals surface area contributed by atoms with Gasteiger partial charge in [0.15, 0.2) is 0 Å². The van der Waals surface area contributed by atoms with Crippen LogP contribution in [0, 0.1) is 12.8 Å². The predicted molar refractivity (Wildman–Crippen MR) is 64.0 cm³/mol. The van der Waals surface area contributed by atoms with E-state index in [9.17, 15) is 5.11 Å². The van der Waals surface area contributed by atoms with Gasteiger partial charge in [-0.2, -0.15) is 0 Å². The number of aryl methyl sites for hydroxylation is 1. The van der Waals surface area contributed by atoms with E-state index in [0.29, 0.717) is 24.9 Å². The summed E-state index contributed by atoms with van der Waals surface area (Å²) in [5.41, 5.74) is 0.984. The number of phenolic OH excluding ortho intramolecular Hbond substituents is 1. The van der Waals surface area contributed by atoms with Gasteiger partial charge in [-0.25, -0.2) is 0 Å². The molecule has 0 bridgehead atoms. The maximum atomic E-state index is 9.36. The third kappa shape index (κ3) is 5.03. The van der Waals surface area contributed by atoms with Gasteiger partial charge in [-0.1, -0.05) is 13.8 Å². The molecule has 0 unspecified atom stereocenters. The lowest BCUT2D eigenvalue weighted by molar-refractivity contribution is 0.0818. The number of hydrogen-bond acceptors (Lipinski definition) is 3. The van der Waals surface area contributed by atoms with Crippen LogP contribution in [0.3, 0.4) is 0 Å². The Morgan fingerprint density at radius 3 is 2.56 bits per heavy atom. The van der Waals surface area contributed by atoms with Crippen molar-refractivity contribution in [2.45, 2.75) is 20.8 Å². The van der Waals surface area contributed by atoms with E-state index in [1.54, 1.807) is 12.1 Å². The number of rotatable bonds is 6. The van der Waals surface area contributed by atoms with E-state index in [1.807, 2.05) is 13.0 Å². The third-order valence-electron chi connectivity index (χ3n) is 1.98. The fraction of sp³-hybridized carbons (Fsp3) is 0.538. The SMILES string of the molecule is Cc1cc(O)cc(OCCOCC(C)C)c1. The Balaban J connectivity index is 2.26. The van der Waals surface area contributed by atoms with Gasteiger partial charge >= 0.3 is 0 Å². The molecule has 0 aliphatic rings. The summed E-state index contributed by atoms with van der Waals surface area (Å²) in [4.78, 5) is 0. The Labute approximate surface area is 97.0 Å². The lowest BCUT2D eigenvalue weighted by Gasteiger charge is -2.09. The van der Waals surface area contributed by atoms with Crippen LogP contribution in [-0.2, 0) is 4.74 Å². The zero-order valence-corrected chi connectivity index (χ0v) is 10.2. The van der Waals surface area contributed by atoms with Crippen molar-refractivity contribution in [2.24, 2.45) is 5.92 Å². The highest BCUT2D eigenvalue weighted by Crippen LogP contribution is 2.20. The van der Waals surface area contributed by atoms with Crippen LogP contribution < -0.4 is 4.74 Å². The zero-order valence-electron chi connectivity index (χ0n) is 10.2. The molecule has 0 saturated heterocycles. The van der Waals surface area contributed by atoms with Crippen molar-refractivity contribution >= 4 is 0 Å². The molecule has 0 saturated carbocycles. The molecular formula is C13H20O3. The average molecular weight is 224 g/mol. The molecule has 1 aromatic carbocycles. The van der Waals surface area contributed by atoms with Crippen LogP contribution in [0.2, 0.25) is 0 Å². The molecule has 0 aliphatic carbocycles. The van der Waals surface area contributed by atoms with Crippen molar-refractivity contribution < 1.29 is 14.6 Å². The second kappa shape index (κ2) is 6.38. The molecule has 1 rings (SSSR count). The first kappa shape index (κ1) is 12.8. The summed E-state index contributed by atoms with van der Waals surface area (Å²) in [7, 11) is 0. The van der Waals surface area contributed by atoms with Gasteiger partial charge in [-0.3, -0.25) is 0 Å². The summed E-state index contributed by atoms with van der Waals surface area (Å²) in [6.45, 7) is 7.98. The van der Waals surface area contributed by atoms with Crippen molar-refractivity contribution in [1.29, 1.82) is 0 Å². The van der Waals surface area contributed by atoms with Gasteiger partial charge in [0, 0.05) is 12.7 Å². The van der Waals surface area contributed by atoms with Crippen LogP contribution in [0.1, 0.15) is 19.4 Å². The molecule has 0 atom stereocenters. The largest absolute Gasteiger partial charge is 0.508 e. The van der Waals surface area contributed by atoms with E-state index in [-0.39, 0.29) is 5.75 Å². The van der Waals surface area contributed by atoms with Gasteiger partial charge in [0.1, 0.15) is 18.1 Å². The first-order chi connectivity index (χ1) is 7.58. The van der Waals surface area contributed by atoms with Crippen LogP contribution in [0.5, 0.6) is 11.5 Å². The van der Waals surface area contributed by atoms with Crippen molar-refractivity contribution in [3.8, 4) is 11.5 Å². The molecule has 1 N–H and O–H groups in total. The van der Waals surface area contributed by atoms with E-state index < -0.39 is 0 Å². The molecule has 0 fully saturated rings. The zero-order chi connectivity index (χ0) is 12.0. The fourth-order valence-corrected chi connectivity index (χ4v) is 1.35. The molecule has 1 aromatic rings. The molecule has 0 heterocycles. The van der Waals surface area contributed by atoms with Crippen LogP contribution in [0.4, 0.5) is 0 Å². The molecule has 90 valence electrons. The third-order valence-corrected chi connectivity index (χ3v) is 1.98. The first-order valence-corrected chi connectivity index (χ1v) is 5.59. The predicted octanol–water partition coefficient (Wildman–Crippen LogP) is 2.75. The maximum absolute atomic E-state index is 9.36. The van der Waals surface area contributed by atoms with Crippen LogP contribution in [-0.4, -0.2) is 24.9 Å². The summed E-state index contributed by atoms with van der Waals surface area (Å²) in [5, 5.41) is 9.36. The first-order valence-electron chi connectivity index (χ1n) is 5.59. The number of aromatic hydroxyl groups is 1. The molecule has 3 heteroatoms. The Hall–Kier alpha value is -1.22. The lowest BCUT2D eigenvalue weighted by atomic mass is 10.2. The lowest BCUT2D eigenvalue weighted by Crippen LogP contribution is -2.10. The monoisotopic (exact) mass is 224 g/mol. The summed E-state index contributed by atoms with van der Waals surface area (Å²) in [5.74, 6) is 1.46. The number of ether oxygens (including phenoxy) is 2. The standard InChI is InChI=1S/C13H20O3/c1-10(2)9-15-4-5-16-13-7-11(3)6-12(14)8-13/h6-8,10,14H,4-5,9H2,1-3H3. The number of phenols is 1. The van der Waals surface area contributed by atoms with E-state index in [2.05, 4.69) is 13.8 Å². The van der Waals surface area contributed by atoms with Crippen LogP contribution in [0.25, 0.3) is 0 Å². The molecule has 0 aliphatic heterocycles. The average Bonchev–Trinajstić information content (AvgIpc) is 2.15. The summed E-state index contributed by atoms with van der Waals surface area (Å²) in [6.07, 6.45) is 0.